The molecule has 1 atom stereocenters. The number of amides is 1. The largest absolute Gasteiger partial charge is 0.467 e. The third-order valence-corrected chi connectivity index (χ3v) is 3.00. The zero-order chi connectivity index (χ0) is 15.9. The summed E-state index contributed by atoms with van der Waals surface area (Å²) in [4.78, 5) is 24.2. The number of methoxy groups -OCH3 is 1. The van der Waals surface area contributed by atoms with Gasteiger partial charge in [0.15, 0.2) is 0 Å². The highest BCUT2D eigenvalue weighted by atomic mass is 32.1. The molecule has 0 fully saturated rings. The van der Waals surface area contributed by atoms with Gasteiger partial charge in [0.25, 0.3) is 0 Å². The number of nitrogens with one attached hydrogen (secondary N) is 1. The minimum atomic E-state index is -0.850. The number of esters is 1. The molecule has 1 unspecified atom stereocenters. The summed E-state index contributed by atoms with van der Waals surface area (Å²) in [7, 11) is 1.26. The Kier molecular flexibility index (Phi) is 6.25. The van der Waals surface area contributed by atoms with Crippen LogP contribution in [0.1, 0.15) is 32.1 Å². The first kappa shape index (κ1) is 17.1. The van der Waals surface area contributed by atoms with Gasteiger partial charge in [-0.15, -0.1) is 11.3 Å². The maximum absolute atomic E-state index is 11.7. The maximum atomic E-state index is 11.7. The van der Waals surface area contributed by atoms with Gasteiger partial charge in [-0.3, -0.25) is 0 Å². The molecule has 1 heterocycles. The number of carbonyl (C=O) groups excluding carboxylic acids is 2. The van der Waals surface area contributed by atoms with Crippen LogP contribution in [-0.4, -0.2) is 30.8 Å². The van der Waals surface area contributed by atoms with E-state index < -0.39 is 23.7 Å². The minimum Gasteiger partial charge on any atom is -0.467 e. The molecule has 1 amide bonds. The molecule has 1 N–H and O–H groups in total. The van der Waals surface area contributed by atoms with Gasteiger partial charge in [0.05, 0.1) is 12.0 Å². The van der Waals surface area contributed by atoms with E-state index in [0.717, 1.165) is 4.88 Å². The van der Waals surface area contributed by atoms with Crippen molar-refractivity contribution < 1.29 is 19.1 Å². The van der Waals surface area contributed by atoms with Crippen LogP contribution in [0.15, 0.2) is 17.5 Å². The lowest BCUT2D eigenvalue weighted by atomic mass is 10.2. The second-order valence-electron chi connectivity index (χ2n) is 5.21. The summed E-state index contributed by atoms with van der Waals surface area (Å²) >= 11 is 1.51. The molecule has 0 saturated heterocycles. The van der Waals surface area contributed by atoms with Crippen molar-refractivity contribution in [2.24, 2.45) is 0 Å². The number of alkyl carbamates (subject to hydrolysis) is 1. The summed E-state index contributed by atoms with van der Waals surface area (Å²) in [5.41, 5.74) is -0.632. The zero-order valence-corrected chi connectivity index (χ0v) is 13.4. The van der Waals surface area contributed by atoms with Gasteiger partial charge in [0.2, 0.25) is 0 Å². The van der Waals surface area contributed by atoms with Crippen LogP contribution in [0, 0.1) is 11.8 Å². The average Bonchev–Trinajstić information content (AvgIpc) is 2.87. The fourth-order valence-electron chi connectivity index (χ4n) is 1.38. The number of thiophene rings is 1. The Morgan fingerprint density at radius 1 is 1.43 bits per heavy atom. The molecule has 1 aromatic heterocycles. The maximum Gasteiger partial charge on any atom is 0.408 e. The lowest BCUT2D eigenvalue weighted by Gasteiger charge is -2.21. The lowest BCUT2D eigenvalue weighted by Crippen LogP contribution is -2.43. The molecule has 1 aromatic rings. The van der Waals surface area contributed by atoms with Crippen LogP contribution >= 0.6 is 11.3 Å². The van der Waals surface area contributed by atoms with E-state index in [9.17, 15) is 9.59 Å². The molecule has 0 spiro atoms. The Hall–Kier alpha value is -2.00. The van der Waals surface area contributed by atoms with Crippen LogP contribution in [0.3, 0.4) is 0 Å². The molecule has 0 aliphatic carbocycles. The predicted octanol–water partition coefficient (Wildman–Crippen LogP) is 2.56. The van der Waals surface area contributed by atoms with Gasteiger partial charge >= 0.3 is 12.1 Å². The normalized spacial score (nSPS) is 11.8. The molecule has 0 aliphatic heterocycles. The van der Waals surface area contributed by atoms with Crippen molar-refractivity contribution in [3.8, 4) is 11.8 Å². The van der Waals surface area contributed by atoms with Crippen molar-refractivity contribution in [3.63, 3.8) is 0 Å². The van der Waals surface area contributed by atoms with Crippen molar-refractivity contribution in [1.82, 2.24) is 5.32 Å². The van der Waals surface area contributed by atoms with E-state index in [1.807, 2.05) is 17.5 Å². The molecule has 1 rings (SSSR count). The Balaban J connectivity index is 2.64. The zero-order valence-electron chi connectivity index (χ0n) is 12.6. The van der Waals surface area contributed by atoms with Gasteiger partial charge in [-0.05, 0) is 32.2 Å². The van der Waals surface area contributed by atoms with Crippen LogP contribution in [-0.2, 0) is 14.3 Å². The average molecular weight is 309 g/mol. The van der Waals surface area contributed by atoms with Crippen LogP contribution in [0.4, 0.5) is 4.79 Å². The standard InChI is InChI=1S/C15H19NO4S/c1-15(2,3)20-14(18)16-12(13(17)19-4)9-5-7-11-8-6-10-21-11/h6,8,10,12H,9H2,1-4H3,(H,16,18). The quantitative estimate of drug-likeness (QED) is 0.688. The molecule has 0 radical (unpaired) electrons. The first-order chi connectivity index (χ1) is 9.81. The highest BCUT2D eigenvalue weighted by molar-refractivity contribution is 7.10. The SMILES string of the molecule is COC(=O)C(CC#Cc1cccs1)NC(=O)OC(C)(C)C. The Labute approximate surface area is 128 Å². The Morgan fingerprint density at radius 2 is 2.14 bits per heavy atom. The van der Waals surface area contributed by atoms with Crippen molar-refractivity contribution >= 4 is 23.4 Å². The molecule has 5 nitrogen and oxygen atoms in total. The van der Waals surface area contributed by atoms with Gasteiger partial charge in [-0.2, -0.15) is 0 Å². The van der Waals surface area contributed by atoms with Gasteiger partial charge in [0.1, 0.15) is 11.6 Å². The van der Waals surface area contributed by atoms with E-state index in [-0.39, 0.29) is 6.42 Å². The van der Waals surface area contributed by atoms with Crippen molar-refractivity contribution in [1.29, 1.82) is 0 Å². The summed E-state index contributed by atoms with van der Waals surface area (Å²) in [5.74, 6) is 5.23. The number of hydrogen-bond donors (Lipinski definition) is 1. The lowest BCUT2D eigenvalue weighted by molar-refractivity contribution is -0.143. The van der Waals surface area contributed by atoms with Crippen molar-refractivity contribution in [2.75, 3.05) is 7.11 Å². The predicted molar refractivity (Wildman–Crippen MR) is 81.0 cm³/mol. The molecule has 0 aromatic carbocycles. The minimum absolute atomic E-state index is 0.157. The van der Waals surface area contributed by atoms with Crippen LogP contribution < -0.4 is 5.32 Å². The van der Waals surface area contributed by atoms with Crippen LogP contribution in [0.25, 0.3) is 0 Å². The molecular formula is C15H19NO4S. The molecule has 114 valence electrons. The number of carbonyl (C=O) groups is 2. The second kappa shape index (κ2) is 7.70. The third-order valence-electron chi connectivity index (χ3n) is 2.22. The Morgan fingerprint density at radius 3 is 2.67 bits per heavy atom. The van der Waals surface area contributed by atoms with Crippen molar-refractivity contribution in [2.45, 2.75) is 38.8 Å². The van der Waals surface area contributed by atoms with Gasteiger partial charge < -0.3 is 14.8 Å². The second-order valence-corrected chi connectivity index (χ2v) is 6.15. The van der Waals surface area contributed by atoms with Gasteiger partial charge in [-0.1, -0.05) is 17.9 Å². The van der Waals surface area contributed by atoms with Gasteiger partial charge in [0, 0.05) is 6.42 Å². The van der Waals surface area contributed by atoms with E-state index in [4.69, 9.17) is 4.74 Å². The third kappa shape index (κ3) is 6.82. The first-order valence-electron chi connectivity index (χ1n) is 6.41. The summed E-state index contributed by atoms with van der Waals surface area (Å²) in [6, 6.07) is 2.93. The molecule has 6 heteroatoms. The molecule has 0 bridgehead atoms. The van der Waals surface area contributed by atoms with Gasteiger partial charge in [-0.25, -0.2) is 9.59 Å². The summed E-state index contributed by atoms with van der Waals surface area (Å²) in [6.45, 7) is 5.24. The monoisotopic (exact) mass is 309 g/mol. The van der Waals surface area contributed by atoms with Crippen molar-refractivity contribution in [3.05, 3.63) is 22.4 Å². The number of ether oxygens (including phenoxy) is 2. The van der Waals surface area contributed by atoms with Crippen LogP contribution in [0.2, 0.25) is 0 Å². The van der Waals surface area contributed by atoms with E-state index in [0.29, 0.717) is 0 Å². The number of rotatable bonds is 3. The highest BCUT2D eigenvalue weighted by Crippen LogP contribution is 2.08. The highest BCUT2D eigenvalue weighted by Gasteiger charge is 2.24. The molecule has 0 saturated carbocycles. The molecule has 0 aliphatic rings. The topological polar surface area (TPSA) is 64.6 Å². The summed E-state index contributed by atoms with van der Waals surface area (Å²) in [6.07, 6.45) is -0.514. The number of hydrogen-bond acceptors (Lipinski definition) is 5. The molecular weight excluding hydrogens is 290 g/mol. The van der Waals surface area contributed by atoms with E-state index >= 15 is 0 Å². The first-order valence-corrected chi connectivity index (χ1v) is 7.29. The Bertz CT molecular complexity index is 534. The van der Waals surface area contributed by atoms with E-state index in [1.165, 1.54) is 18.4 Å². The molecule has 21 heavy (non-hydrogen) atoms. The smallest absolute Gasteiger partial charge is 0.408 e. The summed E-state index contributed by atoms with van der Waals surface area (Å²) in [5, 5.41) is 4.39. The summed E-state index contributed by atoms with van der Waals surface area (Å²) < 4.78 is 9.77. The van der Waals surface area contributed by atoms with Crippen LogP contribution in [0.5, 0.6) is 0 Å². The fourth-order valence-corrected chi connectivity index (χ4v) is 1.97. The fraction of sp³-hybridized carbons (Fsp3) is 0.467. The van der Waals surface area contributed by atoms with E-state index in [2.05, 4.69) is 21.9 Å². The van der Waals surface area contributed by atoms with E-state index in [1.54, 1.807) is 20.8 Å².